The van der Waals surface area contributed by atoms with Gasteiger partial charge in [0.15, 0.2) is 0 Å². The molecule has 1 heterocycles. The first kappa shape index (κ1) is 43.4. The lowest BCUT2D eigenvalue weighted by atomic mass is 9.84. The Morgan fingerprint density at radius 2 is 1.40 bits per heavy atom. The Balaban J connectivity index is 1.49. The van der Waals surface area contributed by atoms with Crippen molar-refractivity contribution in [1.82, 2.24) is 0 Å². The zero-order chi connectivity index (χ0) is 41.8. The van der Waals surface area contributed by atoms with Gasteiger partial charge in [-0.1, -0.05) is 150 Å². The highest BCUT2D eigenvalue weighted by Crippen LogP contribution is 2.52. The van der Waals surface area contributed by atoms with Crippen LogP contribution in [-0.2, 0) is 10.9 Å². The van der Waals surface area contributed by atoms with E-state index in [4.69, 9.17) is 26.5 Å². The van der Waals surface area contributed by atoms with Crippen molar-refractivity contribution in [2.75, 3.05) is 0 Å². The number of rotatable bonds is 18. The minimum absolute atomic E-state index is 0.0424. The number of hydrogen-bond donors (Lipinski definition) is 0. The number of allylic oxidation sites excluding steroid dienone is 7. The van der Waals surface area contributed by atoms with E-state index >= 15 is 0 Å². The standard InChI is InChI=1S/C52H60O6P2/c1-7-10-23-40-34-38(5)49(51(42(36-40)25-12-9-3)57-60-55-47-32-21-19-30-45(47)46-31-20-22-33-48(46)56-60)50-39(6)37(4)35-41(24-11-8-2)52(50)58-59(53-43-26-15-13-16-27-43)54-44-28-17-14-18-29-44/h13-22,26-28,30-36,38,44H,7-12,23-25,29H2,1-6H3/t38-,44?,59?/m1/s1. The second-order valence-corrected chi connectivity index (χ2v) is 17.9. The van der Waals surface area contributed by atoms with Crippen LogP contribution in [0, 0.1) is 19.8 Å². The molecular formula is C52H60O6P2. The van der Waals surface area contributed by atoms with Crippen LogP contribution < -0.4 is 13.6 Å². The van der Waals surface area contributed by atoms with Crippen molar-refractivity contribution < 1.29 is 26.5 Å². The van der Waals surface area contributed by atoms with Gasteiger partial charge < -0.3 is 22.0 Å². The molecule has 0 saturated heterocycles. The first-order valence-corrected chi connectivity index (χ1v) is 24.1. The highest BCUT2D eigenvalue weighted by molar-refractivity contribution is 7.42. The lowest BCUT2D eigenvalue weighted by Gasteiger charge is -2.28. The van der Waals surface area contributed by atoms with Crippen molar-refractivity contribution in [3.05, 3.63) is 161 Å². The van der Waals surface area contributed by atoms with Crippen LogP contribution in [0.15, 0.2) is 147 Å². The summed E-state index contributed by atoms with van der Waals surface area (Å²) in [6.07, 6.45) is 22.7. The van der Waals surface area contributed by atoms with E-state index in [0.29, 0.717) is 5.75 Å². The Morgan fingerprint density at radius 1 is 0.750 bits per heavy atom. The highest BCUT2D eigenvalue weighted by atomic mass is 31.2. The van der Waals surface area contributed by atoms with E-state index < -0.39 is 16.8 Å². The number of benzene rings is 4. The topological polar surface area (TPSA) is 63.2 Å². The summed E-state index contributed by atoms with van der Waals surface area (Å²) in [6, 6.07) is 28.4. The molecule has 0 fully saturated rings. The summed E-state index contributed by atoms with van der Waals surface area (Å²) in [4.78, 5) is 0. The van der Waals surface area contributed by atoms with Gasteiger partial charge in [-0.2, -0.15) is 0 Å². The van der Waals surface area contributed by atoms with Crippen LogP contribution in [0.5, 0.6) is 11.5 Å². The first-order chi connectivity index (χ1) is 29.4. The quantitative estimate of drug-likeness (QED) is 0.0819. The van der Waals surface area contributed by atoms with Gasteiger partial charge in [0, 0.05) is 27.8 Å². The summed E-state index contributed by atoms with van der Waals surface area (Å²) in [5.41, 5.74) is 9.51. The van der Waals surface area contributed by atoms with Gasteiger partial charge in [-0.15, -0.1) is 0 Å². The van der Waals surface area contributed by atoms with Crippen molar-refractivity contribution in [3.8, 4) is 11.5 Å². The van der Waals surface area contributed by atoms with Crippen molar-refractivity contribution >= 4 is 44.4 Å². The fraction of sp³-hybridized carbons (Fsp3) is 0.346. The van der Waals surface area contributed by atoms with Gasteiger partial charge in [0.25, 0.3) is 0 Å². The molecule has 0 bridgehead atoms. The molecule has 0 N–H and O–H groups in total. The molecule has 4 aromatic carbocycles. The van der Waals surface area contributed by atoms with Crippen molar-refractivity contribution in [3.63, 3.8) is 0 Å². The van der Waals surface area contributed by atoms with Crippen molar-refractivity contribution in [2.45, 2.75) is 112 Å². The van der Waals surface area contributed by atoms with Crippen LogP contribution in [-0.4, -0.2) is 6.10 Å². The molecule has 2 aliphatic rings. The van der Waals surface area contributed by atoms with Crippen molar-refractivity contribution in [1.29, 1.82) is 0 Å². The molecule has 1 aromatic heterocycles. The molecule has 6 nitrogen and oxygen atoms in total. The second kappa shape index (κ2) is 21.2. The summed E-state index contributed by atoms with van der Waals surface area (Å²) >= 11 is 0. The summed E-state index contributed by atoms with van der Waals surface area (Å²) < 4.78 is 41.7. The monoisotopic (exact) mass is 842 g/mol. The molecule has 8 heteroatoms. The highest BCUT2D eigenvalue weighted by Gasteiger charge is 2.33. The molecule has 0 amide bonds. The lowest BCUT2D eigenvalue weighted by molar-refractivity contribution is 0.216. The van der Waals surface area contributed by atoms with Gasteiger partial charge in [0.1, 0.15) is 28.4 Å². The molecule has 0 aliphatic heterocycles. The number of aryl methyl sites for hydroxylation is 2. The minimum Gasteiger partial charge on any atom is -0.418 e. The van der Waals surface area contributed by atoms with Gasteiger partial charge in [-0.25, -0.2) is 0 Å². The van der Waals surface area contributed by atoms with E-state index in [1.54, 1.807) is 0 Å². The van der Waals surface area contributed by atoms with E-state index in [0.717, 1.165) is 125 Å². The molecule has 3 atom stereocenters. The van der Waals surface area contributed by atoms with Crippen LogP contribution in [0.4, 0.5) is 0 Å². The predicted molar refractivity (Wildman–Crippen MR) is 251 cm³/mol. The van der Waals surface area contributed by atoms with E-state index in [1.165, 1.54) is 11.1 Å². The second-order valence-electron chi connectivity index (χ2n) is 15.8. The van der Waals surface area contributed by atoms with Crippen molar-refractivity contribution in [2.24, 2.45) is 5.92 Å². The van der Waals surface area contributed by atoms with Crippen LogP contribution in [0.25, 0.3) is 27.5 Å². The molecule has 7 rings (SSSR count). The number of hydrogen-bond acceptors (Lipinski definition) is 6. The summed E-state index contributed by atoms with van der Waals surface area (Å²) in [5.74, 6) is 2.25. The molecule has 0 spiro atoms. The lowest BCUT2D eigenvalue weighted by Crippen LogP contribution is -2.14. The van der Waals surface area contributed by atoms with Gasteiger partial charge in [0.2, 0.25) is 0 Å². The Kier molecular flexibility index (Phi) is 15.3. The third-order valence-corrected chi connectivity index (χ3v) is 13.4. The zero-order valence-corrected chi connectivity index (χ0v) is 37.9. The number of para-hydroxylation sites is 3. The summed E-state index contributed by atoms with van der Waals surface area (Å²) in [5, 5.41) is 1.97. The fourth-order valence-corrected chi connectivity index (χ4v) is 10.2. The molecule has 0 radical (unpaired) electrons. The maximum absolute atomic E-state index is 7.37. The third kappa shape index (κ3) is 10.6. The maximum atomic E-state index is 7.37. The minimum atomic E-state index is -1.94. The van der Waals surface area contributed by atoms with E-state index in [2.05, 4.69) is 90.1 Å². The SMILES string of the molecule is CCCCC1=C[C@@H](C)C(c2c(C)c(C)cc(CCCC)c2OP(Oc2ccccc2)OC2C=CC=CC2)=C(Op2oc3ccccc3c3ccccc3o2)C(CCCC)=C1. The zero-order valence-electron chi connectivity index (χ0n) is 36.1. The smallest absolute Gasteiger partial charge is 0.418 e. The van der Waals surface area contributed by atoms with Crippen LogP contribution in [0.1, 0.15) is 108 Å². The normalized spacial score (nSPS) is 17.0. The van der Waals surface area contributed by atoms with Gasteiger partial charge >= 0.3 is 16.8 Å². The Bertz CT molecular complexity index is 2380. The fourth-order valence-electron chi connectivity index (χ4n) is 7.88. The molecular weight excluding hydrogens is 783 g/mol. The third-order valence-electron chi connectivity index (χ3n) is 11.2. The van der Waals surface area contributed by atoms with Gasteiger partial charge in [-0.05, 0) is 105 Å². The van der Waals surface area contributed by atoms with Gasteiger partial charge in [-0.3, -0.25) is 4.52 Å². The number of fused-ring (bicyclic) bond motifs is 3. The van der Waals surface area contributed by atoms with Crippen LogP contribution >= 0.6 is 16.8 Å². The molecule has 0 saturated carbocycles. The van der Waals surface area contributed by atoms with E-state index in [-0.39, 0.29) is 12.0 Å². The first-order valence-electron chi connectivity index (χ1n) is 21.9. The maximum Gasteiger partial charge on any atom is 0.463 e. The number of unbranched alkanes of at least 4 members (excludes halogenated alkanes) is 3. The van der Waals surface area contributed by atoms with Crippen LogP contribution in [0.3, 0.4) is 0 Å². The Labute approximate surface area is 359 Å². The van der Waals surface area contributed by atoms with Gasteiger partial charge in [0.05, 0.1) is 6.10 Å². The largest absolute Gasteiger partial charge is 0.463 e. The van der Waals surface area contributed by atoms with E-state index in [1.807, 2.05) is 72.8 Å². The molecule has 60 heavy (non-hydrogen) atoms. The molecule has 2 aliphatic carbocycles. The van der Waals surface area contributed by atoms with Crippen LogP contribution in [0.2, 0.25) is 0 Å². The molecule has 314 valence electrons. The Hall–Kier alpha value is -4.73. The molecule has 2 unspecified atom stereocenters. The summed E-state index contributed by atoms with van der Waals surface area (Å²) in [6.45, 7) is 13.5. The average Bonchev–Trinajstić information content (AvgIpc) is 3.50. The summed E-state index contributed by atoms with van der Waals surface area (Å²) in [7, 11) is -3.84. The average molecular weight is 843 g/mol. The Morgan fingerprint density at radius 3 is 2.07 bits per heavy atom. The predicted octanol–water partition coefficient (Wildman–Crippen LogP) is 16.6. The molecule has 5 aromatic rings. The van der Waals surface area contributed by atoms with E-state index in [9.17, 15) is 0 Å².